The van der Waals surface area contributed by atoms with Gasteiger partial charge in [-0.1, -0.05) is 12.1 Å². The van der Waals surface area contributed by atoms with Gasteiger partial charge in [0.1, 0.15) is 5.75 Å². The molecule has 0 radical (unpaired) electrons. The van der Waals surface area contributed by atoms with E-state index in [1.807, 2.05) is 38.1 Å². The summed E-state index contributed by atoms with van der Waals surface area (Å²) in [6.45, 7) is 5.26. The van der Waals surface area contributed by atoms with Crippen molar-refractivity contribution in [3.63, 3.8) is 0 Å². The molecule has 0 aliphatic heterocycles. The van der Waals surface area contributed by atoms with Gasteiger partial charge in [-0.2, -0.15) is 0 Å². The smallest absolute Gasteiger partial charge is 0.224 e. The van der Waals surface area contributed by atoms with Gasteiger partial charge < -0.3 is 19.5 Å². The van der Waals surface area contributed by atoms with E-state index >= 15 is 0 Å². The van der Waals surface area contributed by atoms with Crippen molar-refractivity contribution in [2.75, 3.05) is 26.9 Å². The van der Waals surface area contributed by atoms with Gasteiger partial charge in [-0.05, 0) is 31.5 Å². The molecule has 1 rings (SSSR count). The lowest BCUT2D eigenvalue weighted by atomic mass is 10.1. The number of carbonyl (C=O) groups is 1. The maximum atomic E-state index is 11.8. The van der Waals surface area contributed by atoms with Gasteiger partial charge in [0.15, 0.2) is 6.29 Å². The van der Waals surface area contributed by atoms with E-state index in [4.69, 9.17) is 14.2 Å². The fraction of sp³-hybridized carbons (Fsp3) is 0.533. The second-order valence-electron chi connectivity index (χ2n) is 4.17. The number of benzene rings is 1. The van der Waals surface area contributed by atoms with Crippen LogP contribution in [0.25, 0.3) is 0 Å². The van der Waals surface area contributed by atoms with E-state index < -0.39 is 0 Å². The largest absolute Gasteiger partial charge is 0.497 e. The van der Waals surface area contributed by atoms with Crippen LogP contribution in [0.5, 0.6) is 5.75 Å². The van der Waals surface area contributed by atoms with Crippen LogP contribution in [0.15, 0.2) is 24.3 Å². The second-order valence-corrected chi connectivity index (χ2v) is 4.17. The Labute approximate surface area is 120 Å². The van der Waals surface area contributed by atoms with Crippen LogP contribution >= 0.6 is 0 Å². The lowest BCUT2D eigenvalue weighted by molar-refractivity contribution is -0.140. The van der Waals surface area contributed by atoms with Crippen molar-refractivity contribution in [2.45, 2.75) is 26.6 Å². The highest BCUT2D eigenvalue weighted by molar-refractivity contribution is 5.78. The Morgan fingerprint density at radius 3 is 2.25 bits per heavy atom. The predicted molar refractivity (Wildman–Crippen MR) is 76.7 cm³/mol. The summed E-state index contributed by atoms with van der Waals surface area (Å²) in [6.07, 6.45) is -0.0561. The lowest BCUT2D eigenvalue weighted by Crippen LogP contribution is -2.36. The Bertz CT molecular complexity index is 385. The summed E-state index contributed by atoms with van der Waals surface area (Å²) in [7, 11) is 1.61. The Balaban J connectivity index is 2.38. The van der Waals surface area contributed by atoms with Crippen LogP contribution in [0.1, 0.15) is 19.4 Å². The maximum Gasteiger partial charge on any atom is 0.224 e. The molecule has 112 valence electrons. The lowest BCUT2D eigenvalue weighted by Gasteiger charge is -2.17. The third-order valence-electron chi connectivity index (χ3n) is 2.69. The molecule has 0 aromatic heterocycles. The number of amides is 1. The highest BCUT2D eigenvalue weighted by Crippen LogP contribution is 2.11. The van der Waals surface area contributed by atoms with Gasteiger partial charge >= 0.3 is 0 Å². The first-order chi connectivity index (χ1) is 9.69. The summed E-state index contributed by atoms with van der Waals surface area (Å²) in [5.74, 6) is 0.724. The molecule has 0 unspecified atom stereocenters. The van der Waals surface area contributed by atoms with E-state index in [0.717, 1.165) is 11.3 Å². The molecule has 0 saturated carbocycles. The minimum Gasteiger partial charge on any atom is -0.497 e. The third kappa shape index (κ3) is 6.04. The van der Waals surface area contributed by atoms with Gasteiger partial charge in [0.05, 0.1) is 20.1 Å². The molecule has 5 heteroatoms. The molecule has 0 atom stereocenters. The molecule has 0 spiro atoms. The van der Waals surface area contributed by atoms with Gasteiger partial charge in [0, 0.05) is 13.2 Å². The summed E-state index contributed by atoms with van der Waals surface area (Å²) in [5.41, 5.74) is 0.938. The molecule has 0 fully saturated rings. The minimum atomic E-state index is -0.384. The maximum absolute atomic E-state index is 11.8. The van der Waals surface area contributed by atoms with Crippen molar-refractivity contribution in [1.29, 1.82) is 0 Å². The molecule has 0 bridgehead atoms. The Hall–Kier alpha value is -1.59. The van der Waals surface area contributed by atoms with E-state index in [-0.39, 0.29) is 12.2 Å². The predicted octanol–water partition coefficient (Wildman–Crippen LogP) is 1.75. The molecular weight excluding hydrogens is 258 g/mol. The molecule has 1 N–H and O–H groups in total. The first-order valence-corrected chi connectivity index (χ1v) is 6.82. The fourth-order valence-corrected chi connectivity index (χ4v) is 1.73. The number of rotatable bonds is 9. The number of hydrogen-bond donors (Lipinski definition) is 1. The third-order valence-corrected chi connectivity index (χ3v) is 2.69. The summed E-state index contributed by atoms with van der Waals surface area (Å²) in [4.78, 5) is 11.8. The van der Waals surface area contributed by atoms with Gasteiger partial charge in [0.25, 0.3) is 0 Å². The van der Waals surface area contributed by atoms with Crippen molar-refractivity contribution in [2.24, 2.45) is 0 Å². The van der Waals surface area contributed by atoms with Crippen molar-refractivity contribution < 1.29 is 19.0 Å². The highest BCUT2D eigenvalue weighted by atomic mass is 16.7. The van der Waals surface area contributed by atoms with Crippen LogP contribution in [0.2, 0.25) is 0 Å². The quantitative estimate of drug-likeness (QED) is 0.701. The Kier molecular flexibility index (Phi) is 7.69. The zero-order valence-corrected chi connectivity index (χ0v) is 12.3. The molecule has 1 amide bonds. The molecule has 5 nitrogen and oxygen atoms in total. The Morgan fingerprint density at radius 1 is 1.15 bits per heavy atom. The number of hydrogen-bond acceptors (Lipinski definition) is 4. The second kappa shape index (κ2) is 9.34. The van der Waals surface area contributed by atoms with Crippen LogP contribution < -0.4 is 10.1 Å². The van der Waals surface area contributed by atoms with Crippen molar-refractivity contribution >= 4 is 5.91 Å². The summed E-state index contributed by atoms with van der Waals surface area (Å²) >= 11 is 0. The van der Waals surface area contributed by atoms with Crippen LogP contribution in [0, 0.1) is 0 Å². The molecule has 0 aliphatic rings. The average molecular weight is 281 g/mol. The molecule has 0 heterocycles. The van der Waals surface area contributed by atoms with Gasteiger partial charge in [-0.25, -0.2) is 0 Å². The van der Waals surface area contributed by atoms with Crippen LogP contribution in [0.4, 0.5) is 0 Å². The van der Waals surface area contributed by atoms with Crippen LogP contribution in [-0.2, 0) is 20.7 Å². The van der Waals surface area contributed by atoms with E-state index in [9.17, 15) is 4.79 Å². The Morgan fingerprint density at radius 2 is 1.75 bits per heavy atom. The van der Waals surface area contributed by atoms with Crippen LogP contribution in [-0.4, -0.2) is 39.1 Å². The van der Waals surface area contributed by atoms with Crippen molar-refractivity contribution in [3.05, 3.63) is 29.8 Å². The van der Waals surface area contributed by atoms with Gasteiger partial charge in [-0.15, -0.1) is 0 Å². The molecule has 20 heavy (non-hydrogen) atoms. The minimum absolute atomic E-state index is 0.0560. The first-order valence-electron chi connectivity index (χ1n) is 6.82. The standard InChI is InChI=1S/C15H23NO4/c1-4-19-15(20-5-2)11-16-14(17)10-12-6-8-13(18-3)9-7-12/h6-9,15H,4-5,10-11H2,1-3H3,(H,16,17). The average Bonchev–Trinajstić information content (AvgIpc) is 2.46. The van der Waals surface area contributed by atoms with Gasteiger partial charge in [-0.3, -0.25) is 4.79 Å². The summed E-state index contributed by atoms with van der Waals surface area (Å²) < 4.78 is 15.8. The molecule has 0 saturated heterocycles. The normalized spacial score (nSPS) is 10.6. The number of carbonyl (C=O) groups excluding carboxylic acids is 1. The zero-order valence-electron chi connectivity index (χ0n) is 12.3. The van der Waals surface area contributed by atoms with Gasteiger partial charge in [0.2, 0.25) is 5.91 Å². The van der Waals surface area contributed by atoms with E-state index in [0.29, 0.717) is 26.2 Å². The van der Waals surface area contributed by atoms with Crippen molar-refractivity contribution in [3.8, 4) is 5.75 Å². The fourth-order valence-electron chi connectivity index (χ4n) is 1.73. The molecule has 1 aromatic rings. The molecule has 1 aromatic carbocycles. The summed E-state index contributed by atoms with van der Waals surface area (Å²) in [5, 5.41) is 2.81. The summed E-state index contributed by atoms with van der Waals surface area (Å²) in [6, 6.07) is 7.43. The zero-order chi connectivity index (χ0) is 14.8. The number of nitrogens with one attached hydrogen (secondary N) is 1. The number of methoxy groups -OCH3 is 1. The molecule has 0 aliphatic carbocycles. The molecular formula is C15H23NO4. The highest BCUT2D eigenvalue weighted by Gasteiger charge is 2.10. The van der Waals surface area contributed by atoms with Crippen LogP contribution in [0.3, 0.4) is 0 Å². The topological polar surface area (TPSA) is 56.8 Å². The SMILES string of the molecule is CCOC(CNC(=O)Cc1ccc(OC)cc1)OCC. The van der Waals surface area contributed by atoms with E-state index in [1.165, 1.54) is 0 Å². The monoisotopic (exact) mass is 281 g/mol. The number of ether oxygens (including phenoxy) is 3. The first kappa shape index (κ1) is 16.5. The van der Waals surface area contributed by atoms with E-state index in [2.05, 4.69) is 5.32 Å². The van der Waals surface area contributed by atoms with E-state index in [1.54, 1.807) is 7.11 Å². The van der Waals surface area contributed by atoms with Crippen molar-refractivity contribution in [1.82, 2.24) is 5.32 Å².